The van der Waals surface area contributed by atoms with E-state index in [2.05, 4.69) is 10.6 Å². The van der Waals surface area contributed by atoms with E-state index in [-0.39, 0.29) is 5.69 Å². The van der Waals surface area contributed by atoms with Crippen molar-refractivity contribution < 1.29 is 9.66 Å². The smallest absolute Gasteiger partial charge is 0.269 e. The SMILES string of the molecule is O=[N+]([O-])c1ccc(NCCNCc2ccccc2OCc2ccc(Cl)cc2)cc1. The van der Waals surface area contributed by atoms with Gasteiger partial charge >= 0.3 is 0 Å². The van der Waals surface area contributed by atoms with Gasteiger partial charge in [-0.1, -0.05) is 41.9 Å². The van der Waals surface area contributed by atoms with Crippen molar-refractivity contribution in [2.45, 2.75) is 13.2 Å². The van der Waals surface area contributed by atoms with Crippen LogP contribution >= 0.6 is 11.6 Å². The topological polar surface area (TPSA) is 76.4 Å². The Morgan fingerprint density at radius 2 is 1.66 bits per heavy atom. The number of benzene rings is 3. The number of nitro benzene ring substituents is 1. The van der Waals surface area contributed by atoms with Gasteiger partial charge in [0.25, 0.3) is 5.69 Å². The third-order valence-electron chi connectivity index (χ3n) is 4.30. The average Bonchev–Trinajstić information content (AvgIpc) is 2.74. The molecule has 0 radical (unpaired) electrons. The lowest BCUT2D eigenvalue weighted by Gasteiger charge is -2.13. The van der Waals surface area contributed by atoms with Crippen molar-refractivity contribution in [2.24, 2.45) is 0 Å². The molecule has 150 valence electrons. The van der Waals surface area contributed by atoms with Crippen LogP contribution in [0.25, 0.3) is 0 Å². The second-order valence-corrected chi connectivity index (χ2v) is 6.87. The molecule has 0 saturated heterocycles. The minimum atomic E-state index is -0.405. The zero-order chi connectivity index (χ0) is 20.5. The molecule has 0 aliphatic rings. The largest absolute Gasteiger partial charge is 0.489 e. The monoisotopic (exact) mass is 411 g/mol. The van der Waals surface area contributed by atoms with Crippen LogP contribution < -0.4 is 15.4 Å². The molecule has 0 atom stereocenters. The van der Waals surface area contributed by atoms with Gasteiger partial charge in [0.15, 0.2) is 0 Å². The minimum absolute atomic E-state index is 0.0869. The normalized spacial score (nSPS) is 10.5. The molecule has 0 bridgehead atoms. The van der Waals surface area contributed by atoms with E-state index >= 15 is 0 Å². The lowest BCUT2D eigenvalue weighted by Crippen LogP contribution is -2.22. The summed E-state index contributed by atoms with van der Waals surface area (Å²) in [6.45, 7) is 2.60. The van der Waals surface area contributed by atoms with E-state index in [1.807, 2.05) is 48.5 Å². The highest BCUT2D eigenvalue weighted by Crippen LogP contribution is 2.20. The third-order valence-corrected chi connectivity index (χ3v) is 4.56. The molecule has 2 N–H and O–H groups in total. The predicted molar refractivity (Wildman–Crippen MR) is 116 cm³/mol. The second kappa shape index (κ2) is 10.5. The number of rotatable bonds is 10. The Balaban J connectivity index is 1.43. The maximum atomic E-state index is 10.7. The van der Waals surface area contributed by atoms with Gasteiger partial charge in [-0.3, -0.25) is 10.1 Å². The van der Waals surface area contributed by atoms with Crippen LogP contribution in [-0.4, -0.2) is 18.0 Å². The Kier molecular flexibility index (Phi) is 7.44. The molecule has 0 saturated carbocycles. The van der Waals surface area contributed by atoms with Crippen molar-refractivity contribution in [3.8, 4) is 5.75 Å². The fourth-order valence-corrected chi connectivity index (χ4v) is 2.88. The third kappa shape index (κ3) is 6.48. The van der Waals surface area contributed by atoms with Gasteiger partial charge in [0.05, 0.1) is 4.92 Å². The molecule has 29 heavy (non-hydrogen) atoms. The van der Waals surface area contributed by atoms with Crippen LogP contribution in [0.3, 0.4) is 0 Å². The highest BCUT2D eigenvalue weighted by atomic mass is 35.5. The van der Waals surface area contributed by atoms with Gasteiger partial charge in [-0.25, -0.2) is 0 Å². The molecule has 0 amide bonds. The summed E-state index contributed by atoms with van der Waals surface area (Å²) in [5, 5.41) is 18.0. The van der Waals surface area contributed by atoms with E-state index in [4.69, 9.17) is 16.3 Å². The Labute approximate surface area is 174 Å². The van der Waals surface area contributed by atoms with Crippen LogP contribution in [0.15, 0.2) is 72.8 Å². The van der Waals surface area contributed by atoms with E-state index in [1.165, 1.54) is 12.1 Å². The first-order chi connectivity index (χ1) is 14.1. The fourth-order valence-electron chi connectivity index (χ4n) is 2.75. The van der Waals surface area contributed by atoms with Crippen molar-refractivity contribution in [3.63, 3.8) is 0 Å². The van der Waals surface area contributed by atoms with E-state index in [1.54, 1.807) is 12.1 Å². The molecule has 0 fully saturated rings. The van der Waals surface area contributed by atoms with Crippen LogP contribution in [0.4, 0.5) is 11.4 Å². The standard InChI is InChI=1S/C22H22ClN3O3/c23-19-7-5-17(6-8-19)16-29-22-4-2-1-3-18(22)15-24-13-14-25-20-9-11-21(12-10-20)26(27)28/h1-12,24-25H,13-16H2. The maximum absolute atomic E-state index is 10.7. The molecule has 3 aromatic rings. The molecule has 0 aliphatic heterocycles. The first kappa shape index (κ1) is 20.6. The zero-order valence-electron chi connectivity index (χ0n) is 15.8. The number of anilines is 1. The quantitative estimate of drug-likeness (QED) is 0.278. The predicted octanol–water partition coefficient (Wildman–Crippen LogP) is 5.03. The second-order valence-electron chi connectivity index (χ2n) is 6.43. The van der Waals surface area contributed by atoms with Crippen LogP contribution in [0.5, 0.6) is 5.75 Å². The number of nitrogens with zero attached hydrogens (tertiary/aromatic N) is 1. The highest BCUT2D eigenvalue weighted by molar-refractivity contribution is 6.30. The van der Waals surface area contributed by atoms with Gasteiger partial charge in [-0.2, -0.15) is 0 Å². The molecule has 0 spiro atoms. The Bertz CT molecular complexity index is 931. The highest BCUT2D eigenvalue weighted by Gasteiger charge is 2.05. The molecule has 0 unspecified atom stereocenters. The van der Waals surface area contributed by atoms with Crippen molar-refractivity contribution in [2.75, 3.05) is 18.4 Å². The molecule has 0 aromatic heterocycles. The zero-order valence-corrected chi connectivity index (χ0v) is 16.6. The van der Waals surface area contributed by atoms with E-state index in [0.717, 1.165) is 29.1 Å². The van der Waals surface area contributed by atoms with Crippen molar-refractivity contribution in [3.05, 3.63) is 99.1 Å². The maximum Gasteiger partial charge on any atom is 0.269 e. The number of hydrogen-bond donors (Lipinski definition) is 2. The number of ether oxygens (including phenoxy) is 1. The molecule has 3 rings (SSSR count). The summed E-state index contributed by atoms with van der Waals surface area (Å²) in [6.07, 6.45) is 0. The first-order valence-electron chi connectivity index (χ1n) is 9.26. The van der Waals surface area contributed by atoms with E-state index in [9.17, 15) is 10.1 Å². The van der Waals surface area contributed by atoms with Gasteiger partial charge in [-0.05, 0) is 35.9 Å². The van der Waals surface area contributed by atoms with Crippen molar-refractivity contribution in [1.82, 2.24) is 5.32 Å². The average molecular weight is 412 g/mol. The Hall–Kier alpha value is -3.09. The van der Waals surface area contributed by atoms with E-state index in [0.29, 0.717) is 24.7 Å². The number of nitrogens with one attached hydrogen (secondary N) is 2. The molecule has 0 aliphatic carbocycles. The van der Waals surface area contributed by atoms with Gasteiger partial charge in [0, 0.05) is 48.0 Å². The summed E-state index contributed by atoms with van der Waals surface area (Å²) in [4.78, 5) is 10.3. The molecule has 7 heteroatoms. The fraction of sp³-hybridized carbons (Fsp3) is 0.182. The van der Waals surface area contributed by atoms with Gasteiger partial charge in [-0.15, -0.1) is 0 Å². The lowest BCUT2D eigenvalue weighted by atomic mass is 10.2. The number of para-hydroxylation sites is 1. The van der Waals surface area contributed by atoms with E-state index < -0.39 is 4.92 Å². The Morgan fingerprint density at radius 1 is 0.931 bits per heavy atom. The van der Waals surface area contributed by atoms with Crippen molar-refractivity contribution in [1.29, 1.82) is 0 Å². The van der Waals surface area contributed by atoms with Crippen LogP contribution in [0.2, 0.25) is 5.02 Å². The van der Waals surface area contributed by atoms with Gasteiger partial charge in [0.1, 0.15) is 12.4 Å². The van der Waals surface area contributed by atoms with Gasteiger partial charge in [0.2, 0.25) is 0 Å². The molecule has 6 nitrogen and oxygen atoms in total. The molecular formula is C22H22ClN3O3. The van der Waals surface area contributed by atoms with Crippen molar-refractivity contribution >= 4 is 23.0 Å². The minimum Gasteiger partial charge on any atom is -0.489 e. The van der Waals surface area contributed by atoms with Crippen LogP contribution in [0, 0.1) is 10.1 Å². The molecule has 3 aromatic carbocycles. The first-order valence-corrected chi connectivity index (χ1v) is 9.64. The van der Waals surface area contributed by atoms with Crippen LogP contribution in [0.1, 0.15) is 11.1 Å². The summed E-state index contributed by atoms with van der Waals surface area (Å²) in [5.74, 6) is 0.846. The Morgan fingerprint density at radius 3 is 2.38 bits per heavy atom. The summed E-state index contributed by atoms with van der Waals surface area (Å²) in [7, 11) is 0. The summed E-state index contributed by atoms with van der Waals surface area (Å²) >= 11 is 5.91. The summed E-state index contributed by atoms with van der Waals surface area (Å²) in [6, 6.07) is 21.9. The lowest BCUT2D eigenvalue weighted by molar-refractivity contribution is -0.384. The van der Waals surface area contributed by atoms with Crippen LogP contribution in [-0.2, 0) is 13.2 Å². The molecular weight excluding hydrogens is 390 g/mol. The number of nitro groups is 1. The number of hydrogen-bond acceptors (Lipinski definition) is 5. The molecule has 0 heterocycles. The number of non-ortho nitro benzene ring substituents is 1. The van der Waals surface area contributed by atoms with Gasteiger partial charge < -0.3 is 15.4 Å². The summed E-state index contributed by atoms with van der Waals surface area (Å²) < 4.78 is 5.97. The summed E-state index contributed by atoms with van der Waals surface area (Å²) in [5.41, 5.74) is 3.08. The number of halogens is 1.